The maximum Gasteiger partial charge on any atom is 0.152 e. The lowest BCUT2D eigenvalue weighted by molar-refractivity contribution is 0.181. The molecular formula is C10H19ClN4O3S. The van der Waals surface area contributed by atoms with Gasteiger partial charge in [0.1, 0.15) is 0 Å². The first-order valence-electron chi connectivity index (χ1n) is 5.68. The number of hydrogen-bond donors (Lipinski definition) is 2. The Hall–Kier alpha value is -0.670. The molecule has 0 spiro atoms. The molecule has 110 valence electrons. The number of aromatic nitrogens is 2. The van der Waals surface area contributed by atoms with Gasteiger partial charge in [0.2, 0.25) is 0 Å². The van der Waals surface area contributed by atoms with E-state index in [0.717, 1.165) is 6.26 Å². The Morgan fingerprint density at radius 1 is 1.63 bits per heavy atom. The van der Waals surface area contributed by atoms with Crippen molar-refractivity contribution in [2.75, 3.05) is 20.0 Å². The van der Waals surface area contributed by atoms with Crippen molar-refractivity contribution in [1.29, 1.82) is 0 Å². The average Bonchev–Trinajstić information content (AvgIpc) is 2.69. The standard InChI is InChI=1S/C10H19ClN4O3S/c1-7(19(3,16)17)9(14-12)10-8(11)6-13-15(10)4-5-18-2/h6-7,9,14H,4-5,12H2,1-3H3. The van der Waals surface area contributed by atoms with E-state index >= 15 is 0 Å². The molecule has 1 aromatic rings. The molecule has 0 aliphatic heterocycles. The quantitative estimate of drug-likeness (QED) is 0.548. The number of hydrazine groups is 1. The van der Waals surface area contributed by atoms with Crippen molar-refractivity contribution in [2.24, 2.45) is 5.84 Å². The third-order valence-corrected chi connectivity index (χ3v) is 4.87. The molecule has 7 nitrogen and oxygen atoms in total. The third-order valence-electron chi connectivity index (χ3n) is 2.96. The van der Waals surface area contributed by atoms with Gasteiger partial charge in [0.15, 0.2) is 9.84 Å². The van der Waals surface area contributed by atoms with Gasteiger partial charge in [-0.25, -0.2) is 8.42 Å². The molecule has 0 radical (unpaired) electrons. The van der Waals surface area contributed by atoms with Crippen LogP contribution < -0.4 is 11.3 Å². The molecule has 0 fully saturated rings. The normalized spacial score (nSPS) is 15.4. The number of hydrogen-bond acceptors (Lipinski definition) is 6. The zero-order valence-corrected chi connectivity index (χ0v) is 12.7. The minimum absolute atomic E-state index is 0.370. The number of sulfone groups is 1. The Kier molecular flexibility index (Phi) is 5.75. The lowest BCUT2D eigenvalue weighted by atomic mass is 10.1. The maximum atomic E-state index is 11.7. The monoisotopic (exact) mass is 310 g/mol. The second-order valence-electron chi connectivity index (χ2n) is 4.27. The van der Waals surface area contributed by atoms with Crippen LogP contribution >= 0.6 is 11.6 Å². The second-order valence-corrected chi connectivity index (χ2v) is 7.08. The van der Waals surface area contributed by atoms with Gasteiger partial charge in [0, 0.05) is 13.4 Å². The van der Waals surface area contributed by atoms with Gasteiger partial charge in [0.05, 0.1) is 41.4 Å². The van der Waals surface area contributed by atoms with Crippen LogP contribution in [0.3, 0.4) is 0 Å². The number of ether oxygens (including phenoxy) is 1. The van der Waals surface area contributed by atoms with Crippen molar-refractivity contribution in [3.8, 4) is 0 Å². The third kappa shape index (κ3) is 3.90. The summed E-state index contributed by atoms with van der Waals surface area (Å²) < 4.78 is 29.9. The van der Waals surface area contributed by atoms with E-state index in [2.05, 4.69) is 10.5 Å². The smallest absolute Gasteiger partial charge is 0.152 e. The van der Waals surface area contributed by atoms with E-state index < -0.39 is 21.1 Å². The van der Waals surface area contributed by atoms with E-state index in [4.69, 9.17) is 22.2 Å². The summed E-state index contributed by atoms with van der Waals surface area (Å²) in [5.41, 5.74) is 3.04. The lowest BCUT2D eigenvalue weighted by Crippen LogP contribution is -2.40. The number of nitrogens with zero attached hydrogens (tertiary/aromatic N) is 2. The van der Waals surface area contributed by atoms with E-state index in [1.807, 2.05) is 0 Å². The van der Waals surface area contributed by atoms with Gasteiger partial charge in [-0.2, -0.15) is 5.10 Å². The van der Waals surface area contributed by atoms with Crippen molar-refractivity contribution in [2.45, 2.75) is 24.8 Å². The predicted molar refractivity (Wildman–Crippen MR) is 73.5 cm³/mol. The highest BCUT2D eigenvalue weighted by Crippen LogP contribution is 2.27. The summed E-state index contributed by atoms with van der Waals surface area (Å²) in [5, 5.41) is 3.74. The van der Waals surface area contributed by atoms with Gasteiger partial charge in [-0.15, -0.1) is 0 Å². The fourth-order valence-corrected chi connectivity index (χ4v) is 2.68. The average molecular weight is 311 g/mol. The van der Waals surface area contributed by atoms with Crippen LogP contribution in [0.25, 0.3) is 0 Å². The van der Waals surface area contributed by atoms with Gasteiger partial charge in [-0.3, -0.25) is 16.0 Å². The molecular weight excluding hydrogens is 292 g/mol. The van der Waals surface area contributed by atoms with E-state index in [1.54, 1.807) is 18.7 Å². The molecule has 0 bridgehead atoms. The topological polar surface area (TPSA) is 99.2 Å². The molecule has 0 saturated carbocycles. The van der Waals surface area contributed by atoms with E-state index in [9.17, 15) is 8.42 Å². The highest BCUT2D eigenvalue weighted by atomic mass is 35.5. The largest absolute Gasteiger partial charge is 0.383 e. The van der Waals surface area contributed by atoms with Gasteiger partial charge < -0.3 is 4.74 Å². The molecule has 3 N–H and O–H groups in total. The van der Waals surface area contributed by atoms with Crippen LogP contribution in [0.4, 0.5) is 0 Å². The fourth-order valence-electron chi connectivity index (χ4n) is 1.72. The van der Waals surface area contributed by atoms with Crippen molar-refractivity contribution in [3.63, 3.8) is 0 Å². The number of rotatable bonds is 7. The lowest BCUT2D eigenvalue weighted by Gasteiger charge is -2.23. The second kappa shape index (κ2) is 6.67. The zero-order chi connectivity index (χ0) is 14.6. The summed E-state index contributed by atoms with van der Waals surface area (Å²) in [6.45, 7) is 2.48. The Morgan fingerprint density at radius 2 is 2.26 bits per heavy atom. The van der Waals surface area contributed by atoms with Crippen LogP contribution in [0.2, 0.25) is 5.02 Å². The van der Waals surface area contributed by atoms with Crippen molar-refractivity contribution >= 4 is 21.4 Å². The SMILES string of the molecule is COCCn1ncc(Cl)c1C(NN)C(C)S(C)(=O)=O. The molecule has 1 heterocycles. The van der Waals surface area contributed by atoms with Crippen molar-refractivity contribution < 1.29 is 13.2 Å². The highest BCUT2D eigenvalue weighted by molar-refractivity contribution is 7.91. The summed E-state index contributed by atoms with van der Waals surface area (Å²) in [7, 11) is -1.70. The Balaban J connectivity index is 3.14. The first-order valence-corrected chi connectivity index (χ1v) is 8.01. The van der Waals surface area contributed by atoms with E-state index in [-0.39, 0.29) is 0 Å². The maximum absolute atomic E-state index is 11.7. The van der Waals surface area contributed by atoms with E-state index in [1.165, 1.54) is 6.20 Å². The van der Waals surface area contributed by atoms with Gasteiger partial charge in [-0.05, 0) is 6.92 Å². The number of methoxy groups -OCH3 is 1. The van der Waals surface area contributed by atoms with Crippen LogP contribution in [0.5, 0.6) is 0 Å². The number of halogens is 1. The number of nitrogens with two attached hydrogens (primary N) is 1. The summed E-state index contributed by atoms with van der Waals surface area (Å²) in [5.74, 6) is 5.48. The summed E-state index contributed by atoms with van der Waals surface area (Å²) >= 11 is 6.08. The zero-order valence-electron chi connectivity index (χ0n) is 11.1. The molecule has 0 saturated heterocycles. The van der Waals surface area contributed by atoms with Crippen LogP contribution in [0.15, 0.2) is 6.20 Å². The van der Waals surface area contributed by atoms with Crippen molar-refractivity contribution in [1.82, 2.24) is 15.2 Å². The molecule has 0 amide bonds. The van der Waals surface area contributed by atoms with Crippen LogP contribution in [0.1, 0.15) is 18.7 Å². The van der Waals surface area contributed by atoms with Crippen LogP contribution in [-0.4, -0.2) is 43.4 Å². The first-order chi connectivity index (χ1) is 8.82. The number of nitrogens with one attached hydrogen (secondary N) is 1. The van der Waals surface area contributed by atoms with Gasteiger partial charge >= 0.3 is 0 Å². The molecule has 2 unspecified atom stereocenters. The molecule has 0 aromatic carbocycles. The minimum atomic E-state index is -3.27. The molecule has 19 heavy (non-hydrogen) atoms. The van der Waals surface area contributed by atoms with Gasteiger partial charge in [-0.1, -0.05) is 11.6 Å². The van der Waals surface area contributed by atoms with Crippen molar-refractivity contribution in [3.05, 3.63) is 16.9 Å². The Bertz CT molecular complexity index is 517. The summed E-state index contributed by atoms with van der Waals surface area (Å²) in [6, 6.07) is -0.637. The molecule has 1 aromatic heterocycles. The molecule has 0 aliphatic rings. The molecule has 0 aliphatic carbocycles. The molecule has 1 rings (SSSR count). The fraction of sp³-hybridized carbons (Fsp3) is 0.700. The Morgan fingerprint density at radius 3 is 2.74 bits per heavy atom. The summed E-state index contributed by atoms with van der Waals surface area (Å²) in [6.07, 6.45) is 2.62. The molecule has 9 heteroatoms. The van der Waals surface area contributed by atoms with E-state index in [0.29, 0.717) is 23.9 Å². The highest BCUT2D eigenvalue weighted by Gasteiger charge is 2.31. The predicted octanol–water partition coefficient (Wildman–Crippen LogP) is 0.120. The minimum Gasteiger partial charge on any atom is -0.383 e. The van der Waals surface area contributed by atoms with Crippen LogP contribution in [-0.2, 0) is 21.1 Å². The van der Waals surface area contributed by atoms with Gasteiger partial charge in [0.25, 0.3) is 0 Å². The van der Waals surface area contributed by atoms with Crippen LogP contribution in [0, 0.1) is 0 Å². The summed E-state index contributed by atoms with van der Waals surface area (Å²) in [4.78, 5) is 0. The first kappa shape index (κ1) is 16.4. The molecule has 2 atom stereocenters. The Labute approximate surface area is 117 Å².